The molecule has 0 radical (unpaired) electrons. The van der Waals surface area contributed by atoms with E-state index in [4.69, 9.17) is 10.00 Å². The molecule has 1 aliphatic rings. The second-order valence-electron chi connectivity index (χ2n) is 3.19. The summed E-state index contributed by atoms with van der Waals surface area (Å²) in [6, 6.07) is 0. The zero-order valence-electron chi connectivity index (χ0n) is 6.66. The van der Waals surface area contributed by atoms with Crippen LogP contribution in [-0.2, 0) is 4.74 Å². The standard InChI is InChI=1S/C8H13NO2/c1-6-2-3-7(10)4-8(6)11-5-9/h6-8,10H,2-4H2,1H3. The van der Waals surface area contributed by atoms with E-state index in [1.165, 1.54) is 0 Å². The van der Waals surface area contributed by atoms with Crippen LogP contribution in [0.4, 0.5) is 0 Å². The zero-order chi connectivity index (χ0) is 8.27. The molecule has 0 bridgehead atoms. The number of hydrogen-bond donors (Lipinski definition) is 1. The smallest absolute Gasteiger partial charge is 0.286 e. The van der Waals surface area contributed by atoms with Crippen LogP contribution < -0.4 is 0 Å². The van der Waals surface area contributed by atoms with E-state index in [9.17, 15) is 5.11 Å². The highest BCUT2D eigenvalue weighted by atomic mass is 16.5. The van der Waals surface area contributed by atoms with E-state index in [1.807, 2.05) is 6.92 Å². The molecular weight excluding hydrogens is 142 g/mol. The third-order valence-electron chi connectivity index (χ3n) is 2.30. The molecule has 1 rings (SSSR count). The SMILES string of the molecule is CC1CCC(O)CC1OC#N. The van der Waals surface area contributed by atoms with Crippen LogP contribution in [-0.4, -0.2) is 17.3 Å². The van der Waals surface area contributed by atoms with Crippen molar-refractivity contribution in [2.45, 2.75) is 38.4 Å². The monoisotopic (exact) mass is 155 g/mol. The van der Waals surface area contributed by atoms with E-state index in [-0.39, 0.29) is 12.2 Å². The van der Waals surface area contributed by atoms with Crippen LogP contribution >= 0.6 is 0 Å². The van der Waals surface area contributed by atoms with Crippen molar-refractivity contribution in [1.29, 1.82) is 5.26 Å². The lowest BCUT2D eigenvalue weighted by atomic mass is 9.86. The number of hydrogen-bond acceptors (Lipinski definition) is 3. The summed E-state index contributed by atoms with van der Waals surface area (Å²) in [6.07, 6.45) is 3.74. The van der Waals surface area contributed by atoms with Crippen molar-refractivity contribution < 1.29 is 9.84 Å². The van der Waals surface area contributed by atoms with Gasteiger partial charge in [0.25, 0.3) is 6.26 Å². The molecule has 11 heavy (non-hydrogen) atoms. The Kier molecular flexibility index (Phi) is 2.72. The molecule has 1 N–H and O–H groups in total. The number of nitriles is 1. The minimum Gasteiger partial charge on any atom is -0.424 e. The molecule has 0 aliphatic heterocycles. The Balaban J connectivity index is 2.42. The fraction of sp³-hybridized carbons (Fsp3) is 0.875. The molecule has 62 valence electrons. The molecule has 0 amide bonds. The normalized spacial score (nSPS) is 37.7. The molecule has 1 aliphatic carbocycles. The summed E-state index contributed by atoms with van der Waals surface area (Å²) in [6.45, 7) is 2.05. The molecule has 3 unspecified atom stereocenters. The average Bonchev–Trinajstić information content (AvgIpc) is 1.98. The maximum absolute atomic E-state index is 9.23. The molecular formula is C8H13NO2. The highest BCUT2D eigenvalue weighted by Gasteiger charge is 2.27. The third kappa shape index (κ3) is 2.09. The van der Waals surface area contributed by atoms with Gasteiger partial charge in [-0.25, -0.2) is 0 Å². The molecule has 1 saturated carbocycles. The Morgan fingerprint density at radius 2 is 2.27 bits per heavy atom. The van der Waals surface area contributed by atoms with Crippen molar-refractivity contribution >= 4 is 0 Å². The summed E-state index contributed by atoms with van der Waals surface area (Å²) in [5.41, 5.74) is 0. The van der Waals surface area contributed by atoms with Gasteiger partial charge in [-0.1, -0.05) is 6.92 Å². The quantitative estimate of drug-likeness (QED) is 0.575. The predicted octanol–water partition coefficient (Wildman–Crippen LogP) is 1.03. The van der Waals surface area contributed by atoms with Gasteiger partial charge in [-0.15, -0.1) is 0 Å². The Morgan fingerprint density at radius 3 is 2.91 bits per heavy atom. The lowest BCUT2D eigenvalue weighted by molar-refractivity contribution is 0.00490. The summed E-state index contributed by atoms with van der Waals surface area (Å²) >= 11 is 0. The largest absolute Gasteiger partial charge is 0.424 e. The molecule has 0 aromatic rings. The first kappa shape index (κ1) is 8.35. The molecule has 0 aromatic heterocycles. The van der Waals surface area contributed by atoms with E-state index in [1.54, 1.807) is 6.26 Å². The summed E-state index contributed by atoms with van der Waals surface area (Å²) in [7, 11) is 0. The second-order valence-corrected chi connectivity index (χ2v) is 3.19. The molecule has 0 heterocycles. The molecule has 3 nitrogen and oxygen atoms in total. The van der Waals surface area contributed by atoms with Gasteiger partial charge in [0.2, 0.25) is 0 Å². The first-order chi connectivity index (χ1) is 5.24. The maximum atomic E-state index is 9.23. The number of ether oxygens (including phenoxy) is 1. The Morgan fingerprint density at radius 1 is 1.55 bits per heavy atom. The zero-order valence-corrected chi connectivity index (χ0v) is 6.66. The van der Waals surface area contributed by atoms with Crippen LogP contribution in [0.2, 0.25) is 0 Å². The fourth-order valence-corrected chi connectivity index (χ4v) is 1.49. The van der Waals surface area contributed by atoms with Crippen LogP contribution in [0.15, 0.2) is 0 Å². The van der Waals surface area contributed by atoms with Gasteiger partial charge in [0, 0.05) is 6.42 Å². The van der Waals surface area contributed by atoms with E-state index in [0.717, 1.165) is 12.8 Å². The summed E-state index contributed by atoms with van der Waals surface area (Å²) < 4.78 is 4.81. The van der Waals surface area contributed by atoms with Gasteiger partial charge < -0.3 is 9.84 Å². The lowest BCUT2D eigenvalue weighted by Crippen LogP contribution is -2.31. The Labute approximate surface area is 66.6 Å². The van der Waals surface area contributed by atoms with Gasteiger partial charge >= 0.3 is 0 Å². The van der Waals surface area contributed by atoms with E-state index in [0.29, 0.717) is 12.3 Å². The first-order valence-corrected chi connectivity index (χ1v) is 3.97. The van der Waals surface area contributed by atoms with Crippen LogP contribution in [0.3, 0.4) is 0 Å². The highest BCUT2D eigenvalue weighted by molar-refractivity contribution is 4.79. The van der Waals surface area contributed by atoms with Gasteiger partial charge in [-0.2, -0.15) is 5.26 Å². The van der Waals surface area contributed by atoms with Gasteiger partial charge in [0.1, 0.15) is 6.10 Å². The van der Waals surface area contributed by atoms with Crippen molar-refractivity contribution in [3.8, 4) is 6.26 Å². The number of nitrogens with zero attached hydrogens (tertiary/aromatic N) is 1. The summed E-state index contributed by atoms with van der Waals surface area (Å²) in [5, 5.41) is 17.5. The average molecular weight is 155 g/mol. The molecule has 1 fully saturated rings. The lowest BCUT2D eigenvalue weighted by Gasteiger charge is -2.29. The van der Waals surface area contributed by atoms with Crippen LogP contribution in [0.1, 0.15) is 26.2 Å². The topological polar surface area (TPSA) is 53.2 Å². The minimum atomic E-state index is -0.274. The van der Waals surface area contributed by atoms with Gasteiger partial charge in [0.05, 0.1) is 6.10 Å². The fourth-order valence-electron chi connectivity index (χ4n) is 1.49. The van der Waals surface area contributed by atoms with Crippen molar-refractivity contribution in [2.75, 3.05) is 0 Å². The predicted molar refractivity (Wildman–Crippen MR) is 39.5 cm³/mol. The summed E-state index contributed by atoms with van der Waals surface area (Å²) in [5.74, 6) is 0.401. The van der Waals surface area contributed by atoms with Crippen LogP contribution in [0.25, 0.3) is 0 Å². The van der Waals surface area contributed by atoms with Crippen molar-refractivity contribution in [2.24, 2.45) is 5.92 Å². The van der Waals surface area contributed by atoms with Crippen LogP contribution in [0, 0.1) is 17.4 Å². The molecule has 3 heteroatoms. The first-order valence-electron chi connectivity index (χ1n) is 3.97. The minimum absolute atomic E-state index is 0.0660. The van der Waals surface area contributed by atoms with E-state index >= 15 is 0 Å². The van der Waals surface area contributed by atoms with Crippen molar-refractivity contribution in [3.05, 3.63) is 0 Å². The van der Waals surface area contributed by atoms with Gasteiger partial charge in [-0.05, 0) is 18.8 Å². The highest BCUT2D eigenvalue weighted by Crippen LogP contribution is 2.26. The van der Waals surface area contributed by atoms with Crippen molar-refractivity contribution in [1.82, 2.24) is 0 Å². The molecule has 3 atom stereocenters. The second kappa shape index (κ2) is 3.59. The number of aliphatic hydroxyl groups is 1. The number of rotatable bonds is 1. The number of aliphatic hydroxyl groups excluding tert-OH is 1. The maximum Gasteiger partial charge on any atom is 0.286 e. The molecule has 0 saturated heterocycles. The third-order valence-corrected chi connectivity index (χ3v) is 2.30. The van der Waals surface area contributed by atoms with Crippen LogP contribution in [0.5, 0.6) is 0 Å². The van der Waals surface area contributed by atoms with Gasteiger partial charge in [-0.3, -0.25) is 0 Å². The summed E-state index contributed by atoms with van der Waals surface area (Å²) in [4.78, 5) is 0. The molecule has 0 spiro atoms. The Bertz CT molecular complexity index is 164. The molecule has 0 aromatic carbocycles. The van der Waals surface area contributed by atoms with E-state index < -0.39 is 0 Å². The van der Waals surface area contributed by atoms with Crippen molar-refractivity contribution in [3.63, 3.8) is 0 Å². The van der Waals surface area contributed by atoms with E-state index in [2.05, 4.69) is 0 Å². The Hall–Kier alpha value is -0.750. The van der Waals surface area contributed by atoms with Gasteiger partial charge in [0.15, 0.2) is 0 Å².